The summed E-state index contributed by atoms with van der Waals surface area (Å²) in [6.45, 7) is 3.48. The van der Waals surface area contributed by atoms with E-state index in [9.17, 15) is 14.4 Å². The summed E-state index contributed by atoms with van der Waals surface area (Å²) in [6, 6.07) is -0.0969. The predicted molar refractivity (Wildman–Crippen MR) is 71.1 cm³/mol. The van der Waals surface area contributed by atoms with Crippen molar-refractivity contribution in [3.63, 3.8) is 0 Å². The molecule has 2 saturated heterocycles. The topological polar surface area (TPSA) is 90.0 Å². The first-order valence-corrected chi connectivity index (χ1v) is 7.01. The molecular weight excluding hydrogens is 262 g/mol. The molecule has 0 aromatic rings. The fraction of sp³-hybridized carbons (Fsp3) is 0.769. The van der Waals surface area contributed by atoms with E-state index in [2.05, 4.69) is 5.32 Å². The molecular formula is C13H21N3O4. The van der Waals surface area contributed by atoms with Crippen LogP contribution < -0.4 is 5.32 Å². The van der Waals surface area contributed by atoms with Crippen LogP contribution in [0.15, 0.2) is 0 Å². The van der Waals surface area contributed by atoms with Crippen LogP contribution in [0.25, 0.3) is 0 Å². The van der Waals surface area contributed by atoms with Gasteiger partial charge in [-0.2, -0.15) is 0 Å². The van der Waals surface area contributed by atoms with Crippen LogP contribution in [0.5, 0.6) is 0 Å². The van der Waals surface area contributed by atoms with Gasteiger partial charge < -0.3 is 20.2 Å². The number of carboxylic acid groups (broad SMARTS) is 1. The number of hydrogen-bond acceptors (Lipinski definition) is 3. The lowest BCUT2D eigenvalue weighted by Crippen LogP contribution is -2.49. The van der Waals surface area contributed by atoms with Crippen LogP contribution in [0.4, 0.5) is 4.79 Å². The van der Waals surface area contributed by atoms with Crippen LogP contribution in [0.2, 0.25) is 0 Å². The Kier molecular flexibility index (Phi) is 4.46. The zero-order valence-corrected chi connectivity index (χ0v) is 11.7. The second-order valence-corrected chi connectivity index (χ2v) is 5.54. The van der Waals surface area contributed by atoms with Gasteiger partial charge in [-0.05, 0) is 19.3 Å². The lowest BCUT2D eigenvalue weighted by molar-refractivity contribution is -0.143. The van der Waals surface area contributed by atoms with E-state index in [1.54, 1.807) is 9.80 Å². The minimum atomic E-state index is -0.833. The Bertz CT molecular complexity index is 412. The monoisotopic (exact) mass is 283 g/mol. The first-order valence-electron chi connectivity index (χ1n) is 7.01. The summed E-state index contributed by atoms with van der Waals surface area (Å²) in [5, 5.41) is 11.9. The number of rotatable bonds is 2. The number of likely N-dealkylation sites (tertiary alicyclic amines) is 2. The summed E-state index contributed by atoms with van der Waals surface area (Å²) in [7, 11) is 0. The molecule has 0 radical (unpaired) electrons. The fourth-order valence-electron chi connectivity index (χ4n) is 2.89. The van der Waals surface area contributed by atoms with E-state index in [1.165, 1.54) is 6.92 Å². The van der Waals surface area contributed by atoms with Gasteiger partial charge >= 0.3 is 12.0 Å². The Morgan fingerprint density at radius 1 is 1.10 bits per heavy atom. The molecule has 2 atom stereocenters. The molecule has 2 fully saturated rings. The van der Waals surface area contributed by atoms with Crippen molar-refractivity contribution in [1.82, 2.24) is 15.1 Å². The van der Waals surface area contributed by atoms with Crippen LogP contribution in [0.1, 0.15) is 26.2 Å². The molecule has 7 nitrogen and oxygen atoms in total. The van der Waals surface area contributed by atoms with Gasteiger partial charge in [0.15, 0.2) is 0 Å². The van der Waals surface area contributed by atoms with Crippen LogP contribution in [0, 0.1) is 5.92 Å². The smallest absolute Gasteiger partial charge is 0.320 e. The quantitative estimate of drug-likeness (QED) is 0.753. The highest BCUT2D eigenvalue weighted by atomic mass is 16.4. The number of piperidine rings is 1. The van der Waals surface area contributed by atoms with E-state index >= 15 is 0 Å². The third-order valence-electron chi connectivity index (χ3n) is 3.91. The number of aliphatic carboxylic acids is 1. The second kappa shape index (κ2) is 6.11. The van der Waals surface area contributed by atoms with Crippen molar-refractivity contribution in [2.75, 3.05) is 26.2 Å². The molecule has 7 heteroatoms. The summed E-state index contributed by atoms with van der Waals surface area (Å²) >= 11 is 0. The van der Waals surface area contributed by atoms with E-state index in [0.717, 1.165) is 12.8 Å². The Balaban J connectivity index is 1.88. The van der Waals surface area contributed by atoms with Crippen molar-refractivity contribution in [2.45, 2.75) is 32.2 Å². The Morgan fingerprint density at radius 3 is 2.45 bits per heavy atom. The normalized spacial score (nSPS) is 26.4. The maximum absolute atomic E-state index is 12.3. The molecule has 0 bridgehead atoms. The molecule has 0 aromatic carbocycles. The summed E-state index contributed by atoms with van der Waals surface area (Å²) in [4.78, 5) is 37.7. The standard InChI is InChI=1S/C13H21N3O4/c1-9(17)14-11-4-6-16(8-11)13(20)15-5-2-3-10(7-15)12(18)19/h10-11H,2-8H2,1H3,(H,14,17)(H,18,19)/t10-,11?/m0/s1. The van der Waals surface area contributed by atoms with E-state index in [-0.39, 0.29) is 24.5 Å². The number of nitrogens with one attached hydrogen (secondary N) is 1. The number of carboxylic acids is 1. The number of carbonyl (C=O) groups is 3. The van der Waals surface area contributed by atoms with Crippen LogP contribution in [0.3, 0.4) is 0 Å². The van der Waals surface area contributed by atoms with Gasteiger partial charge in [0.25, 0.3) is 0 Å². The van der Waals surface area contributed by atoms with Gasteiger partial charge in [-0.15, -0.1) is 0 Å². The van der Waals surface area contributed by atoms with Crippen molar-refractivity contribution < 1.29 is 19.5 Å². The molecule has 2 rings (SSSR count). The number of nitrogens with zero attached hydrogens (tertiary/aromatic N) is 2. The minimum absolute atomic E-state index is 0.0107. The van der Waals surface area contributed by atoms with Crippen LogP contribution in [-0.4, -0.2) is 65.0 Å². The largest absolute Gasteiger partial charge is 0.481 e. The SMILES string of the molecule is CC(=O)NC1CCN(C(=O)N2CCC[C@H](C(=O)O)C2)C1. The predicted octanol–water partition coefficient (Wildman–Crippen LogP) is 0.113. The highest BCUT2D eigenvalue weighted by Gasteiger charge is 2.33. The number of amides is 3. The Morgan fingerprint density at radius 2 is 1.80 bits per heavy atom. The van der Waals surface area contributed by atoms with E-state index < -0.39 is 11.9 Å². The molecule has 0 spiro atoms. The van der Waals surface area contributed by atoms with E-state index in [0.29, 0.717) is 26.1 Å². The highest BCUT2D eigenvalue weighted by molar-refractivity contribution is 5.77. The van der Waals surface area contributed by atoms with Crippen molar-refractivity contribution in [2.24, 2.45) is 5.92 Å². The summed E-state index contributed by atoms with van der Waals surface area (Å²) in [5.74, 6) is -1.38. The second-order valence-electron chi connectivity index (χ2n) is 5.54. The van der Waals surface area contributed by atoms with Gasteiger partial charge in [0.05, 0.1) is 5.92 Å². The molecule has 0 aliphatic carbocycles. The summed E-state index contributed by atoms with van der Waals surface area (Å²) in [6.07, 6.45) is 2.11. The Labute approximate surface area is 117 Å². The van der Waals surface area contributed by atoms with Gasteiger partial charge in [0.1, 0.15) is 0 Å². The molecule has 112 valence electrons. The maximum Gasteiger partial charge on any atom is 0.320 e. The minimum Gasteiger partial charge on any atom is -0.481 e. The van der Waals surface area contributed by atoms with Crippen molar-refractivity contribution in [3.8, 4) is 0 Å². The van der Waals surface area contributed by atoms with Crippen LogP contribution in [-0.2, 0) is 9.59 Å². The lowest BCUT2D eigenvalue weighted by Gasteiger charge is -2.33. The van der Waals surface area contributed by atoms with Gasteiger partial charge in [-0.1, -0.05) is 0 Å². The third-order valence-corrected chi connectivity index (χ3v) is 3.91. The third kappa shape index (κ3) is 3.40. The molecule has 3 amide bonds. The van der Waals surface area contributed by atoms with Crippen molar-refractivity contribution in [3.05, 3.63) is 0 Å². The van der Waals surface area contributed by atoms with E-state index in [4.69, 9.17) is 5.11 Å². The summed E-state index contributed by atoms with van der Waals surface area (Å²) < 4.78 is 0. The summed E-state index contributed by atoms with van der Waals surface area (Å²) in [5.41, 5.74) is 0. The van der Waals surface area contributed by atoms with Gasteiger partial charge in [0.2, 0.25) is 5.91 Å². The average molecular weight is 283 g/mol. The average Bonchev–Trinajstić information content (AvgIpc) is 2.85. The molecule has 0 aromatic heterocycles. The molecule has 2 N–H and O–H groups in total. The van der Waals surface area contributed by atoms with Crippen molar-refractivity contribution >= 4 is 17.9 Å². The molecule has 20 heavy (non-hydrogen) atoms. The number of carbonyl (C=O) groups excluding carboxylic acids is 2. The van der Waals surface area contributed by atoms with Gasteiger partial charge in [-0.25, -0.2) is 4.79 Å². The zero-order chi connectivity index (χ0) is 14.7. The maximum atomic E-state index is 12.3. The van der Waals surface area contributed by atoms with Gasteiger partial charge in [-0.3, -0.25) is 9.59 Å². The van der Waals surface area contributed by atoms with Crippen LogP contribution >= 0.6 is 0 Å². The molecule has 2 aliphatic heterocycles. The first-order chi connectivity index (χ1) is 9.47. The van der Waals surface area contributed by atoms with Crippen molar-refractivity contribution in [1.29, 1.82) is 0 Å². The zero-order valence-electron chi connectivity index (χ0n) is 11.7. The highest BCUT2D eigenvalue weighted by Crippen LogP contribution is 2.20. The lowest BCUT2D eigenvalue weighted by atomic mass is 9.99. The molecule has 0 saturated carbocycles. The molecule has 2 heterocycles. The molecule has 1 unspecified atom stereocenters. The first kappa shape index (κ1) is 14.6. The number of hydrogen-bond donors (Lipinski definition) is 2. The fourth-order valence-corrected chi connectivity index (χ4v) is 2.89. The number of urea groups is 1. The van der Waals surface area contributed by atoms with E-state index in [1.807, 2.05) is 0 Å². The molecule has 2 aliphatic rings. The van der Waals surface area contributed by atoms with Gasteiger partial charge in [0, 0.05) is 39.1 Å². The Hall–Kier alpha value is -1.79.